The fourth-order valence-electron chi connectivity index (χ4n) is 2.30. The van der Waals surface area contributed by atoms with E-state index >= 15 is 0 Å². The zero-order chi connectivity index (χ0) is 13.5. The Hall–Kier alpha value is -1.06. The third kappa shape index (κ3) is 4.84. The molecule has 1 saturated heterocycles. The normalized spacial score (nSPS) is 16.8. The number of hydrogen-bond donors (Lipinski definition) is 1. The van der Waals surface area contributed by atoms with Crippen molar-refractivity contribution in [1.82, 2.24) is 5.32 Å². The van der Waals surface area contributed by atoms with Crippen molar-refractivity contribution in [3.63, 3.8) is 0 Å². The van der Waals surface area contributed by atoms with Crippen LogP contribution in [0.15, 0.2) is 24.3 Å². The van der Waals surface area contributed by atoms with E-state index < -0.39 is 0 Å². The number of nitrogens with one attached hydrogen (secondary N) is 1. The van der Waals surface area contributed by atoms with E-state index in [4.69, 9.17) is 9.47 Å². The summed E-state index contributed by atoms with van der Waals surface area (Å²) < 4.78 is 11.6. The maximum Gasteiger partial charge on any atom is 0.119 e. The van der Waals surface area contributed by atoms with Gasteiger partial charge in [-0.25, -0.2) is 0 Å². The lowest BCUT2D eigenvalue weighted by Gasteiger charge is -2.22. The molecular weight excluding hydrogens is 238 g/mol. The molecule has 1 fully saturated rings. The van der Waals surface area contributed by atoms with Crippen molar-refractivity contribution in [1.29, 1.82) is 0 Å². The van der Waals surface area contributed by atoms with Crippen LogP contribution in [0, 0.1) is 0 Å². The molecule has 1 aliphatic heterocycles. The van der Waals surface area contributed by atoms with Gasteiger partial charge < -0.3 is 14.8 Å². The SMILES string of the molecule is CC(C)c1cccc(OCCOC2CCNCC2)c1. The minimum absolute atomic E-state index is 0.409. The molecule has 0 unspecified atom stereocenters. The van der Waals surface area contributed by atoms with Crippen LogP contribution in [0.25, 0.3) is 0 Å². The zero-order valence-electron chi connectivity index (χ0n) is 12.0. The van der Waals surface area contributed by atoms with Crippen LogP contribution in [0.3, 0.4) is 0 Å². The van der Waals surface area contributed by atoms with Crippen LogP contribution in [0.4, 0.5) is 0 Å². The van der Waals surface area contributed by atoms with Crippen molar-refractivity contribution in [2.24, 2.45) is 0 Å². The molecule has 1 N–H and O–H groups in total. The van der Waals surface area contributed by atoms with Crippen molar-refractivity contribution in [2.75, 3.05) is 26.3 Å². The van der Waals surface area contributed by atoms with Gasteiger partial charge in [-0.3, -0.25) is 0 Å². The van der Waals surface area contributed by atoms with Crippen molar-refractivity contribution >= 4 is 0 Å². The topological polar surface area (TPSA) is 30.5 Å². The van der Waals surface area contributed by atoms with E-state index in [1.807, 2.05) is 6.07 Å². The number of benzene rings is 1. The van der Waals surface area contributed by atoms with Crippen LogP contribution in [0.1, 0.15) is 38.2 Å². The molecule has 19 heavy (non-hydrogen) atoms. The molecule has 0 amide bonds. The Morgan fingerprint density at radius 1 is 1.21 bits per heavy atom. The van der Waals surface area contributed by atoms with Crippen molar-refractivity contribution in [3.8, 4) is 5.75 Å². The molecule has 106 valence electrons. The molecule has 0 saturated carbocycles. The van der Waals surface area contributed by atoms with Gasteiger partial charge in [0, 0.05) is 0 Å². The third-order valence-corrected chi connectivity index (χ3v) is 3.52. The molecule has 0 spiro atoms. The fourth-order valence-corrected chi connectivity index (χ4v) is 2.30. The fraction of sp³-hybridized carbons (Fsp3) is 0.625. The molecular formula is C16H25NO2. The van der Waals surface area contributed by atoms with Crippen LogP contribution >= 0.6 is 0 Å². The Labute approximate surface area is 116 Å². The van der Waals surface area contributed by atoms with Crippen molar-refractivity contribution in [3.05, 3.63) is 29.8 Å². The number of hydrogen-bond acceptors (Lipinski definition) is 3. The average Bonchev–Trinajstić information content (AvgIpc) is 2.45. The molecule has 0 bridgehead atoms. The summed E-state index contributed by atoms with van der Waals surface area (Å²) in [6, 6.07) is 8.33. The van der Waals surface area contributed by atoms with Gasteiger partial charge in [0.05, 0.1) is 12.7 Å². The van der Waals surface area contributed by atoms with E-state index in [9.17, 15) is 0 Å². The summed E-state index contributed by atoms with van der Waals surface area (Å²) in [6.07, 6.45) is 2.64. The van der Waals surface area contributed by atoms with Crippen molar-refractivity contribution < 1.29 is 9.47 Å². The van der Waals surface area contributed by atoms with E-state index in [1.165, 1.54) is 5.56 Å². The Kier molecular flexibility index (Phi) is 5.67. The summed E-state index contributed by atoms with van der Waals surface area (Å²) in [5, 5.41) is 3.34. The molecule has 0 atom stereocenters. The smallest absolute Gasteiger partial charge is 0.119 e. The van der Waals surface area contributed by atoms with E-state index in [1.54, 1.807) is 0 Å². The Morgan fingerprint density at radius 3 is 2.74 bits per heavy atom. The minimum atomic E-state index is 0.409. The maximum absolute atomic E-state index is 5.82. The first-order chi connectivity index (χ1) is 9.25. The Morgan fingerprint density at radius 2 is 2.00 bits per heavy atom. The number of rotatable bonds is 6. The number of piperidine rings is 1. The molecule has 0 aliphatic carbocycles. The van der Waals surface area contributed by atoms with Gasteiger partial charge in [0.15, 0.2) is 0 Å². The predicted octanol–water partition coefficient (Wildman–Crippen LogP) is 2.96. The second kappa shape index (κ2) is 7.51. The summed E-state index contributed by atoms with van der Waals surface area (Å²) in [6.45, 7) is 7.84. The van der Waals surface area contributed by atoms with Crippen molar-refractivity contribution in [2.45, 2.75) is 38.7 Å². The highest BCUT2D eigenvalue weighted by Crippen LogP contribution is 2.20. The largest absolute Gasteiger partial charge is 0.491 e. The summed E-state index contributed by atoms with van der Waals surface area (Å²) in [4.78, 5) is 0. The van der Waals surface area contributed by atoms with Gasteiger partial charge in [0.25, 0.3) is 0 Å². The van der Waals surface area contributed by atoms with Crippen LogP contribution in [0.2, 0.25) is 0 Å². The lowest BCUT2D eigenvalue weighted by molar-refractivity contribution is 0.0168. The number of ether oxygens (including phenoxy) is 2. The van der Waals surface area contributed by atoms with Gasteiger partial charge >= 0.3 is 0 Å². The Bertz CT molecular complexity index is 373. The quantitative estimate of drug-likeness (QED) is 0.800. The standard InChI is InChI=1S/C16H25NO2/c1-13(2)14-4-3-5-16(12-14)19-11-10-18-15-6-8-17-9-7-15/h3-5,12-13,15,17H,6-11H2,1-2H3. The Balaban J connectivity index is 1.68. The second-order valence-corrected chi connectivity index (χ2v) is 5.40. The summed E-state index contributed by atoms with van der Waals surface area (Å²) in [5.74, 6) is 1.48. The first-order valence-corrected chi connectivity index (χ1v) is 7.31. The van der Waals surface area contributed by atoms with Gasteiger partial charge in [0.2, 0.25) is 0 Å². The van der Waals surface area contributed by atoms with E-state index in [0.717, 1.165) is 31.7 Å². The predicted molar refractivity (Wildman–Crippen MR) is 77.9 cm³/mol. The lowest BCUT2D eigenvalue weighted by Crippen LogP contribution is -2.33. The minimum Gasteiger partial charge on any atom is -0.491 e. The lowest BCUT2D eigenvalue weighted by atomic mass is 10.0. The first-order valence-electron chi connectivity index (χ1n) is 7.31. The molecule has 0 radical (unpaired) electrons. The second-order valence-electron chi connectivity index (χ2n) is 5.40. The highest BCUT2D eigenvalue weighted by Gasteiger charge is 2.12. The first kappa shape index (κ1) is 14.4. The molecule has 2 rings (SSSR count). The van der Waals surface area contributed by atoms with Gasteiger partial charge in [-0.1, -0.05) is 26.0 Å². The summed E-state index contributed by atoms with van der Waals surface area (Å²) in [7, 11) is 0. The van der Waals surface area contributed by atoms with Crippen LogP contribution in [-0.4, -0.2) is 32.4 Å². The highest BCUT2D eigenvalue weighted by atomic mass is 16.5. The molecule has 3 heteroatoms. The molecule has 1 aliphatic rings. The van der Waals surface area contributed by atoms with E-state index in [2.05, 4.69) is 37.4 Å². The van der Waals surface area contributed by atoms with E-state index in [-0.39, 0.29) is 0 Å². The van der Waals surface area contributed by atoms with Crippen LogP contribution < -0.4 is 10.1 Å². The molecule has 1 heterocycles. The molecule has 1 aromatic carbocycles. The van der Waals surface area contributed by atoms with Crippen LogP contribution in [0.5, 0.6) is 5.75 Å². The summed E-state index contributed by atoms with van der Waals surface area (Å²) >= 11 is 0. The maximum atomic E-state index is 5.82. The molecule has 3 nitrogen and oxygen atoms in total. The monoisotopic (exact) mass is 263 g/mol. The van der Waals surface area contributed by atoms with Gasteiger partial charge in [-0.2, -0.15) is 0 Å². The van der Waals surface area contributed by atoms with Gasteiger partial charge in [0.1, 0.15) is 12.4 Å². The third-order valence-electron chi connectivity index (χ3n) is 3.52. The molecule has 0 aromatic heterocycles. The van der Waals surface area contributed by atoms with Gasteiger partial charge in [-0.05, 0) is 49.5 Å². The highest BCUT2D eigenvalue weighted by molar-refractivity contribution is 5.30. The average molecular weight is 263 g/mol. The van der Waals surface area contributed by atoms with Crippen LogP contribution in [-0.2, 0) is 4.74 Å². The summed E-state index contributed by atoms with van der Waals surface area (Å²) in [5.41, 5.74) is 1.32. The van der Waals surface area contributed by atoms with E-state index in [0.29, 0.717) is 25.2 Å². The van der Waals surface area contributed by atoms with Gasteiger partial charge in [-0.15, -0.1) is 0 Å². The zero-order valence-corrected chi connectivity index (χ0v) is 12.0. The molecule has 1 aromatic rings.